The van der Waals surface area contributed by atoms with Gasteiger partial charge in [-0.2, -0.15) is 10.2 Å². The Morgan fingerprint density at radius 1 is 0.848 bits per heavy atom. The molecule has 0 spiro atoms. The number of anilines is 1. The number of nitrogens with zero attached hydrogens (tertiary/aromatic N) is 4. The first-order chi connectivity index (χ1) is 16.1. The number of para-hydroxylation sites is 1. The van der Waals surface area contributed by atoms with Crippen LogP contribution < -0.4 is 10.9 Å². The standard InChI is InChI=1S/C26H21N5O2/c1-18-21-14-8-9-15-22(21)26(33)30(28-18)17-25(32)27-24-16-23(19-10-4-2-5-11-19)29-31(24)20-12-6-3-7-13-20/h2-16H,17H2,1H3,(H,27,32). The van der Waals surface area contributed by atoms with Crippen molar-refractivity contribution < 1.29 is 4.79 Å². The Morgan fingerprint density at radius 3 is 2.21 bits per heavy atom. The highest BCUT2D eigenvalue weighted by Crippen LogP contribution is 2.24. The summed E-state index contributed by atoms with van der Waals surface area (Å²) < 4.78 is 2.89. The van der Waals surface area contributed by atoms with E-state index in [2.05, 4.69) is 10.4 Å². The van der Waals surface area contributed by atoms with Gasteiger partial charge in [-0.15, -0.1) is 0 Å². The third kappa shape index (κ3) is 4.04. The summed E-state index contributed by atoms with van der Waals surface area (Å²) in [5.41, 5.74) is 2.87. The zero-order valence-corrected chi connectivity index (χ0v) is 18.0. The molecule has 2 aromatic heterocycles. The largest absolute Gasteiger partial charge is 0.309 e. The van der Waals surface area contributed by atoms with E-state index in [-0.39, 0.29) is 18.0 Å². The molecule has 0 aliphatic carbocycles. The Labute approximate surface area is 189 Å². The molecule has 0 saturated carbocycles. The number of aryl methyl sites for hydroxylation is 1. The van der Waals surface area contributed by atoms with Gasteiger partial charge in [0.05, 0.1) is 22.5 Å². The molecule has 0 unspecified atom stereocenters. The molecular weight excluding hydrogens is 414 g/mol. The van der Waals surface area contributed by atoms with E-state index in [1.165, 1.54) is 4.68 Å². The molecule has 0 atom stereocenters. The van der Waals surface area contributed by atoms with Crippen LogP contribution in [0.2, 0.25) is 0 Å². The number of benzene rings is 3. The molecule has 1 amide bonds. The number of carbonyl (C=O) groups is 1. The summed E-state index contributed by atoms with van der Waals surface area (Å²) in [6.07, 6.45) is 0. The number of hydrogen-bond acceptors (Lipinski definition) is 4. The second kappa shape index (κ2) is 8.55. The maximum Gasteiger partial charge on any atom is 0.275 e. The highest BCUT2D eigenvalue weighted by molar-refractivity contribution is 5.91. The third-order valence-electron chi connectivity index (χ3n) is 5.39. The van der Waals surface area contributed by atoms with E-state index in [9.17, 15) is 9.59 Å². The average Bonchev–Trinajstić information content (AvgIpc) is 3.27. The number of amides is 1. The van der Waals surface area contributed by atoms with Gasteiger partial charge in [0.1, 0.15) is 12.4 Å². The highest BCUT2D eigenvalue weighted by atomic mass is 16.2. The van der Waals surface area contributed by atoms with Gasteiger partial charge in [0.25, 0.3) is 5.56 Å². The van der Waals surface area contributed by atoms with Crippen molar-refractivity contribution in [2.75, 3.05) is 5.32 Å². The number of nitrogens with one attached hydrogen (secondary N) is 1. The van der Waals surface area contributed by atoms with Gasteiger partial charge in [-0.05, 0) is 25.1 Å². The van der Waals surface area contributed by atoms with E-state index < -0.39 is 0 Å². The van der Waals surface area contributed by atoms with Gasteiger partial charge in [0.15, 0.2) is 0 Å². The zero-order chi connectivity index (χ0) is 22.8. The lowest BCUT2D eigenvalue weighted by atomic mass is 10.1. The Balaban J connectivity index is 1.48. The van der Waals surface area contributed by atoms with Crippen LogP contribution in [0, 0.1) is 6.92 Å². The second-order valence-corrected chi connectivity index (χ2v) is 7.67. The van der Waals surface area contributed by atoms with Crippen LogP contribution in [0.25, 0.3) is 27.7 Å². The van der Waals surface area contributed by atoms with E-state index in [1.807, 2.05) is 85.8 Å². The van der Waals surface area contributed by atoms with Crippen molar-refractivity contribution in [2.45, 2.75) is 13.5 Å². The third-order valence-corrected chi connectivity index (χ3v) is 5.39. The summed E-state index contributed by atoms with van der Waals surface area (Å²) in [6.45, 7) is 1.62. The minimum atomic E-state index is -0.365. The first kappa shape index (κ1) is 20.4. The zero-order valence-electron chi connectivity index (χ0n) is 18.0. The first-order valence-corrected chi connectivity index (χ1v) is 10.6. The minimum Gasteiger partial charge on any atom is -0.309 e. The van der Waals surface area contributed by atoms with Crippen molar-refractivity contribution in [2.24, 2.45) is 0 Å². The minimum absolute atomic E-state index is 0.203. The van der Waals surface area contributed by atoms with Gasteiger partial charge in [-0.3, -0.25) is 9.59 Å². The fraction of sp³-hybridized carbons (Fsp3) is 0.0769. The highest BCUT2D eigenvalue weighted by Gasteiger charge is 2.16. The molecule has 2 heterocycles. The molecule has 0 aliphatic rings. The summed E-state index contributed by atoms with van der Waals surface area (Å²) in [6, 6.07) is 28.4. The average molecular weight is 435 g/mol. The molecule has 0 radical (unpaired) electrons. The van der Waals surface area contributed by atoms with Crippen molar-refractivity contribution in [3.63, 3.8) is 0 Å². The molecule has 7 heteroatoms. The number of carbonyl (C=O) groups excluding carboxylic acids is 1. The van der Waals surface area contributed by atoms with Gasteiger partial charge < -0.3 is 5.32 Å². The Bertz CT molecular complexity index is 1500. The predicted molar refractivity (Wildman–Crippen MR) is 128 cm³/mol. The molecule has 5 rings (SSSR count). The van der Waals surface area contributed by atoms with Crippen molar-refractivity contribution in [3.05, 3.63) is 107 Å². The first-order valence-electron chi connectivity index (χ1n) is 10.6. The molecule has 7 nitrogen and oxygen atoms in total. The number of fused-ring (bicyclic) bond motifs is 1. The summed E-state index contributed by atoms with van der Waals surface area (Å²) >= 11 is 0. The van der Waals surface area contributed by atoms with Crippen LogP contribution in [-0.2, 0) is 11.3 Å². The van der Waals surface area contributed by atoms with Crippen molar-refractivity contribution in [1.29, 1.82) is 0 Å². The Morgan fingerprint density at radius 2 is 1.48 bits per heavy atom. The van der Waals surface area contributed by atoms with E-state index >= 15 is 0 Å². The van der Waals surface area contributed by atoms with E-state index in [0.717, 1.165) is 22.3 Å². The molecule has 162 valence electrons. The Kier molecular flexibility index (Phi) is 5.28. The van der Waals surface area contributed by atoms with Crippen LogP contribution in [0.3, 0.4) is 0 Å². The predicted octanol–water partition coefficient (Wildman–Crippen LogP) is 4.20. The lowest BCUT2D eigenvalue weighted by Gasteiger charge is -2.11. The van der Waals surface area contributed by atoms with Crippen LogP contribution in [0.15, 0.2) is 95.8 Å². The smallest absolute Gasteiger partial charge is 0.275 e. The molecule has 0 aliphatic heterocycles. The number of rotatable bonds is 5. The number of aromatic nitrogens is 4. The van der Waals surface area contributed by atoms with Crippen molar-refractivity contribution in [1.82, 2.24) is 19.6 Å². The fourth-order valence-corrected chi connectivity index (χ4v) is 3.82. The molecule has 5 aromatic rings. The van der Waals surface area contributed by atoms with Gasteiger partial charge in [0, 0.05) is 17.0 Å². The van der Waals surface area contributed by atoms with Crippen LogP contribution in [0.1, 0.15) is 5.69 Å². The van der Waals surface area contributed by atoms with Gasteiger partial charge in [-0.1, -0.05) is 66.7 Å². The van der Waals surface area contributed by atoms with Crippen molar-refractivity contribution in [3.8, 4) is 16.9 Å². The van der Waals surface area contributed by atoms with Crippen LogP contribution >= 0.6 is 0 Å². The van der Waals surface area contributed by atoms with Crippen LogP contribution in [0.4, 0.5) is 5.82 Å². The molecule has 0 fully saturated rings. The van der Waals surface area contributed by atoms with E-state index in [0.29, 0.717) is 16.9 Å². The van der Waals surface area contributed by atoms with Crippen LogP contribution in [0.5, 0.6) is 0 Å². The SMILES string of the molecule is Cc1nn(CC(=O)Nc2cc(-c3ccccc3)nn2-c2ccccc2)c(=O)c2ccccc12. The fourth-order valence-electron chi connectivity index (χ4n) is 3.82. The molecule has 1 N–H and O–H groups in total. The van der Waals surface area contributed by atoms with E-state index in [1.54, 1.807) is 16.8 Å². The van der Waals surface area contributed by atoms with Gasteiger partial charge in [0.2, 0.25) is 5.91 Å². The molecule has 0 bridgehead atoms. The molecule has 0 saturated heterocycles. The topological polar surface area (TPSA) is 81.8 Å². The quantitative estimate of drug-likeness (QED) is 0.449. The normalized spacial score (nSPS) is 10.9. The number of hydrogen-bond donors (Lipinski definition) is 1. The molecule has 3 aromatic carbocycles. The summed E-state index contributed by atoms with van der Waals surface area (Å²) in [5, 5.41) is 13.3. The van der Waals surface area contributed by atoms with E-state index in [4.69, 9.17) is 5.10 Å². The maximum absolute atomic E-state index is 13.0. The maximum atomic E-state index is 13.0. The summed E-state index contributed by atoms with van der Waals surface area (Å²) in [4.78, 5) is 25.8. The summed E-state index contributed by atoms with van der Waals surface area (Å²) in [5.74, 6) is 0.145. The lowest BCUT2D eigenvalue weighted by Crippen LogP contribution is -2.30. The molecular formula is C26H21N5O2. The second-order valence-electron chi connectivity index (χ2n) is 7.67. The van der Waals surface area contributed by atoms with Crippen molar-refractivity contribution >= 4 is 22.5 Å². The summed E-state index contributed by atoms with van der Waals surface area (Å²) in [7, 11) is 0. The van der Waals surface area contributed by atoms with Gasteiger partial charge in [-0.25, -0.2) is 9.36 Å². The van der Waals surface area contributed by atoms with Gasteiger partial charge >= 0.3 is 0 Å². The van der Waals surface area contributed by atoms with Crippen LogP contribution in [-0.4, -0.2) is 25.5 Å². The Hall–Kier alpha value is -4.52. The monoisotopic (exact) mass is 435 g/mol. The molecule has 33 heavy (non-hydrogen) atoms. The lowest BCUT2D eigenvalue weighted by molar-refractivity contribution is -0.117.